The first-order valence-corrected chi connectivity index (χ1v) is 7.65. The van der Waals surface area contributed by atoms with Gasteiger partial charge in [-0.1, -0.05) is 51.8 Å². The van der Waals surface area contributed by atoms with Gasteiger partial charge in [-0.3, -0.25) is 4.79 Å². The van der Waals surface area contributed by atoms with E-state index in [4.69, 9.17) is 12.2 Å². The molecule has 0 aliphatic carbocycles. The van der Waals surface area contributed by atoms with Gasteiger partial charge in [0.05, 0.1) is 0 Å². The molecule has 4 heteroatoms. The van der Waals surface area contributed by atoms with Crippen molar-refractivity contribution in [2.75, 3.05) is 5.32 Å². The van der Waals surface area contributed by atoms with Gasteiger partial charge in [-0.15, -0.1) is 0 Å². The molecule has 0 aromatic heterocycles. The van der Waals surface area contributed by atoms with Crippen LogP contribution in [-0.2, 0) is 4.79 Å². The van der Waals surface area contributed by atoms with E-state index in [1.807, 2.05) is 18.2 Å². The fraction of sp³-hybridized carbons (Fsp3) is 0.500. The second-order valence-electron chi connectivity index (χ2n) is 5.20. The number of para-hydroxylation sites is 1. The maximum absolute atomic E-state index is 11.7. The van der Waals surface area contributed by atoms with E-state index >= 15 is 0 Å². The van der Waals surface area contributed by atoms with Gasteiger partial charge in [0.25, 0.3) is 0 Å². The largest absolute Gasteiger partial charge is 0.332 e. The van der Waals surface area contributed by atoms with Crippen LogP contribution < -0.4 is 10.6 Å². The second kappa shape index (κ2) is 8.69. The SMILES string of the molecule is CCCCCC(=O)NC(=S)Nc1ccccc1C(C)C. The molecule has 0 saturated heterocycles. The van der Waals surface area contributed by atoms with Gasteiger partial charge in [0.15, 0.2) is 5.11 Å². The van der Waals surface area contributed by atoms with Gasteiger partial charge in [-0.25, -0.2) is 0 Å². The third-order valence-electron chi connectivity index (χ3n) is 3.09. The molecule has 0 spiro atoms. The predicted molar refractivity (Wildman–Crippen MR) is 89.0 cm³/mol. The van der Waals surface area contributed by atoms with Gasteiger partial charge in [-0.05, 0) is 36.2 Å². The lowest BCUT2D eigenvalue weighted by Gasteiger charge is -2.15. The quantitative estimate of drug-likeness (QED) is 0.610. The fourth-order valence-electron chi connectivity index (χ4n) is 1.99. The Balaban J connectivity index is 2.52. The molecular weight excluding hydrogens is 268 g/mol. The van der Waals surface area contributed by atoms with Crippen LogP contribution in [0.5, 0.6) is 0 Å². The molecule has 1 amide bonds. The van der Waals surface area contributed by atoms with Crippen molar-refractivity contribution in [1.29, 1.82) is 0 Å². The van der Waals surface area contributed by atoms with Crippen molar-refractivity contribution in [1.82, 2.24) is 5.32 Å². The zero-order valence-corrected chi connectivity index (χ0v) is 13.3. The van der Waals surface area contributed by atoms with Crippen LogP contribution in [-0.4, -0.2) is 11.0 Å². The summed E-state index contributed by atoms with van der Waals surface area (Å²) in [6.07, 6.45) is 3.62. The van der Waals surface area contributed by atoms with Gasteiger partial charge in [0, 0.05) is 12.1 Å². The van der Waals surface area contributed by atoms with Crippen LogP contribution >= 0.6 is 12.2 Å². The summed E-state index contributed by atoms with van der Waals surface area (Å²) < 4.78 is 0. The molecule has 0 saturated carbocycles. The summed E-state index contributed by atoms with van der Waals surface area (Å²) in [6.45, 7) is 6.38. The number of carbonyl (C=O) groups is 1. The van der Waals surface area contributed by atoms with E-state index in [9.17, 15) is 4.79 Å². The van der Waals surface area contributed by atoms with E-state index in [0.717, 1.165) is 24.9 Å². The Labute approximate surface area is 127 Å². The minimum absolute atomic E-state index is 0.0158. The minimum Gasteiger partial charge on any atom is -0.332 e. The number of amides is 1. The Kier molecular flexibility index (Phi) is 7.23. The van der Waals surface area contributed by atoms with Crippen molar-refractivity contribution in [2.24, 2.45) is 0 Å². The molecular formula is C16H24N2OS. The third-order valence-corrected chi connectivity index (χ3v) is 3.30. The number of rotatable bonds is 6. The molecule has 1 aromatic carbocycles. The van der Waals surface area contributed by atoms with E-state index in [-0.39, 0.29) is 5.91 Å². The van der Waals surface area contributed by atoms with Gasteiger partial charge in [0.1, 0.15) is 0 Å². The Hall–Kier alpha value is -1.42. The highest BCUT2D eigenvalue weighted by molar-refractivity contribution is 7.80. The third kappa shape index (κ3) is 5.70. The van der Waals surface area contributed by atoms with Crippen molar-refractivity contribution >= 4 is 28.9 Å². The van der Waals surface area contributed by atoms with E-state index in [1.165, 1.54) is 5.56 Å². The average Bonchev–Trinajstić information content (AvgIpc) is 2.39. The van der Waals surface area contributed by atoms with Crippen LogP contribution in [0, 0.1) is 0 Å². The highest BCUT2D eigenvalue weighted by Gasteiger charge is 2.09. The van der Waals surface area contributed by atoms with E-state index in [2.05, 4.69) is 37.5 Å². The first kappa shape index (κ1) is 16.6. The molecule has 0 heterocycles. The van der Waals surface area contributed by atoms with Gasteiger partial charge >= 0.3 is 0 Å². The lowest BCUT2D eigenvalue weighted by molar-refractivity contribution is -0.119. The van der Waals surface area contributed by atoms with Gasteiger partial charge in [0.2, 0.25) is 5.91 Å². The van der Waals surface area contributed by atoms with E-state index in [0.29, 0.717) is 17.5 Å². The molecule has 1 rings (SSSR count). The topological polar surface area (TPSA) is 41.1 Å². The molecule has 1 aromatic rings. The zero-order valence-electron chi connectivity index (χ0n) is 12.5. The molecule has 0 fully saturated rings. The second-order valence-corrected chi connectivity index (χ2v) is 5.61. The number of unbranched alkanes of at least 4 members (excludes halogenated alkanes) is 2. The molecule has 110 valence electrons. The van der Waals surface area contributed by atoms with Crippen LogP contribution in [0.2, 0.25) is 0 Å². The maximum Gasteiger partial charge on any atom is 0.226 e. The van der Waals surface area contributed by atoms with E-state index < -0.39 is 0 Å². The summed E-state index contributed by atoms with van der Waals surface area (Å²) in [7, 11) is 0. The molecule has 3 nitrogen and oxygen atoms in total. The minimum atomic E-state index is -0.0158. The summed E-state index contributed by atoms with van der Waals surface area (Å²) in [5.74, 6) is 0.389. The van der Waals surface area contributed by atoms with E-state index in [1.54, 1.807) is 0 Å². The normalized spacial score (nSPS) is 10.4. The van der Waals surface area contributed by atoms with Crippen LogP contribution in [0.15, 0.2) is 24.3 Å². The zero-order chi connectivity index (χ0) is 15.0. The summed E-state index contributed by atoms with van der Waals surface area (Å²) in [6, 6.07) is 8.01. The highest BCUT2D eigenvalue weighted by Crippen LogP contribution is 2.23. The van der Waals surface area contributed by atoms with Crippen LogP contribution in [0.1, 0.15) is 57.9 Å². The number of carbonyl (C=O) groups excluding carboxylic acids is 1. The molecule has 0 atom stereocenters. The number of thiocarbonyl (C=S) groups is 1. The van der Waals surface area contributed by atoms with Crippen molar-refractivity contribution in [2.45, 2.75) is 52.4 Å². The van der Waals surface area contributed by atoms with Crippen molar-refractivity contribution in [3.63, 3.8) is 0 Å². The van der Waals surface area contributed by atoms with Crippen molar-refractivity contribution in [3.05, 3.63) is 29.8 Å². The van der Waals surface area contributed by atoms with Crippen LogP contribution in [0.3, 0.4) is 0 Å². The predicted octanol–water partition coefficient (Wildman–Crippen LogP) is 4.20. The number of benzene rings is 1. The molecule has 2 N–H and O–H groups in total. The molecule has 20 heavy (non-hydrogen) atoms. The van der Waals surface area contributed by atoms with Crippen molar-refractivity contribution < 1.29 is 4.79 Å². The Bertz CT molecular complexity index is 458. The Morgan fingerprint density at radius 1 is 1.25 bits per heavy atom. The number of hydrogen-bond donors (Lipinski definition) is 2. The Morgan fingerprint density at radius 3 is 2.60 bits per heavy atom. The fourth-order valence-corrected chi connectivity index (χ4v) is 2.22. The summed E-state index contributed by atoms with van der Waals surface area (Å²) in [5, 5.41) is 6.22. The summed E-state index contributed by atoms with van der Waals surface area (Å²) in [4.78, 5) is 11.7. The lowest BCUT2D eigenvalue weighted by Crippen LogP contribution is -2.34. The van der Waals surface area contributed by atoms with Gasteiger partial charge < -0.3 is 10.6 Å². The van der Waals surface area contributed by atoms with Gasteiger partial charge in [-0.2, -0.15) is 0 Å². The number of nitrogens with one attached hydrogen (secondary N) is 2. The Morgan fingerprint density at radius 2 is 1.95 bits per heavy atom. The molecule has 0 aliphatic rings. The molecule has 0 unspecified atom stereocenters. The number of anilines is 1. The lowest BCUT2D eigenvalue weighted by atomic mass is 10.0. The standard InChI is InChI=1S/C16H24N2OS/c1-4-5-6-11-15(19)18-16(20)17-14-10-8-7-9-13(14)12(2)3/h7-10,12H,4-6,11H2,1-3H3,(H2,17,18,19,20). The maximum atomic E-state index is 11.7. The molecule has 0 aliphatic heterocycles. The van der Waals surface area contributed by atoms with Crippen molar-refractivity contribution in [3.8, 4) is 0 Å². The highest BCUT2D eigenvalue weighted by atomic mass is 32.1. The van der Waals surface area contributed by atoms with Crippen LogP contribution in [0.25, 0.3) is 0 Å². The molecule has 0 radical (unpaired) electrons. The summed E-state index contributed by atoms with van der Waals surface area (Å²) in [5.41, 5.74) is 2.15. The summed E-state index contributed by atoms with van der Waals surface area (Å²) >= 11 is 5.19. The average molecular weight is 292 g/mol. The monoisotopic (exact) mass is 292 g/mol. The van der Waals surface area contributed by atoms with Crippen LogP contribution in [0.4, 0.5) is 5.69 Å². The molecule has 0 bridgehead atoms. The number of hydrogen-bond acceptors (Lipinski definition) is 2. The first-order valence-electron chi connectivity index (χ1n) is 7.24. The first-order chi connectivity index (χ1) is 9.54. The smallest absolute Gasteiger partial charge is 0.226 e.